The van der Waals surface area contributed by atoms with Crippen LogP contribution in [-0.4, -0.2) is 33.5 Å². The van der Waals surface area contributed by atoms with Crippen molar-refractivity contribution in [3.05, 3.63) is 66.9 Å². The average Bonchev–Trinajstić information content (AvgIpc) is 3.11. The smallest absolute Gasteiger partial charge is 0.330 e. The van der Waals surface area contributed by atoms with Gasteiger partial charge < -0.3 is 9.47 Å². The molecular formula is C22H24Cl2N2O6. The van der Waals surface area contributed by atoms with Gasteiger partial charge >= 0.3 is 11.7 Å². The van der Waals surface area contributed by atoms with Crippen molar-refractivity contribution in [2.24, 2.45) is 5.92 Å². The molecule has 1 fully saturated rings. The molecule has 1 N–H and O–H groups in total. The van der Waals surface area contributed by atoms with E-state index in [1.807, 2.05) is 6.92 Å². The monoisotopic (exact) mass is 482 g/mol. The van der Waals surface area contributed by atoms with Crippen molar-refractivity contribution >= 4 is 35.0 Å². The number of esters is 1. The lowest BCUT2D eigenvalue weighted by molar-refractivity contribution is -0.151. The number of benzene rings is 1. The molecule has 1 unspecified atom stereocenters. The number of carbonyl (C=O) groups excluding carboxylic acids is 2. The van der Waals surface area contributed by atoms with Crippen molar-refractivity contribution < 1.29 is 19.1 Å². The highest BCUT2D eigenvalue weighted by molar-refractivity contribution is 6.36. The summed E-state index contributed by atoms with van der Waals surface area (Å²) in [5.74, 6) is -0.833. The van der Waals surface area contributed by atoms with Gasteiger partial charge in [-0.3, -0.25) is 23.9 Å². The number of halogens is 2. The summed E-state index contributed by atoms with van der Waals surface area (Å²) in [5.41, 5.74) is -0.577. The van der Waals surface area contributed by atoms with Crippen molar-refractivity contribution in [3.8, 4) is 0 Å². The molecule has 32 heavy (non-hydrogen) atoms. The molecule has 10 heteroatoms. The molecule has 0 saturated carbocycles. The zero-order valence-corrected chi connectivity index (χ0v) is 19.2. The number of H-pyrrole nitrogens is 1. The number of aromatic nitrogens is 2. The van der Waals surface area contributed by atoms with E-state index < -0.39 is 35.7 Å². The molecule has 8 nitrogen and oxygen atoms in total. The summed E-state index contributed by atoms with van der Waals surface area (Å²) in [5, 5.41) is 0.845. The molecule has 0 amide bonds. The van der Waals surface area contributed by atoms with E-state index in [9.17, 15) is 19.2 Å². The van der Waals surface area contributed by atoms with Gasteiger partial charge in [-0.15, -0.1) is 0 Å². The van der Waals surface area contributed by atoms with Gasteiger partial charge in [0.2, 0.25) is 0 Å². The molecule has 0 spiro atoms. The second-order valence-corrected chi connectivity index (χ2v) is 8.56. The van der Waals surface area contributed by atoms with Crippen molar-refractivity contribution in [2.45, 2.75) is 58.0 Å². The van der Waals surface area contributed by atoms with E-state index in [0.717, 1.165) is 0 Å². The molecular weight excluding hydrogens is 459 g/mol. The van der Waals surface area contributed by atoms with E-state index in [0.29, 0.717) is 22.0 Å². The van der Waals surface area contributed by atoms with E-state index >= 15 is 0 Å². The van der Waals surface area contributed by atoms with E-state index in [1.54, 1.807) is 18.2 Å². The number of hydrogen-bond acceptors (Lipinski definition) is 6. The molecule has 0 bridgehead atoms. The second kappa shape index (κ2) is 10.5. The number of aromatic amines is 1. The molecule has 2 heterocycles. The van der Waals surface area contributed by atoms with Gasteiger partial charge in [0.15, 0.2) is 0 Å². The topological polar surface area (TPSA) is 107 Å². The molecule has 1 aromatic carbocycles. The highest BCUT2D eigenvalue weighted by Gasteiger charge is 2.43. The van der Waals surface area contributed by atoms with Crippen LogP contribution in [0, 0.1) is 5.92 Å². The van der Waals surface area contributed by atoms with Gasteiger partial charge in [0.1, 0.15) is 24.2 Å². The summed E-state index contributed by atoms with van der Waals surface area (Å²) in [6.07, 6.45) is 0.392. The Morgan fingerprint density at radius 2 is 1.94 bits per heavy atom. The lowest BCUT2D eigenvalue weighted by Crippen LogP contribution is -2.35. The Labute approximate surface area is 194 Å². The minimum absolute atomic E-state index is 0.0722. The van der Waals surface area contributed by atoms with E-state index in [-0.39, 0.29) is 31.0 Å². The molecule has 4 atom stereocenters. The maximum atomic E-state index is 12.8. The van der Waals surface area contributed by atoms with E-state index in [1.165, 1.54) is 23.8 Å². The highest BCUT2D eigenvalue weighted by atomic mass is 35.5. The summed E-state index contributed by atoms with van der Waals surface area (Å²) >= 11 is 12.4. The number of ether oxygens (including phenoxy) is 2. The van der Waals surface area contributed by atoms with Crippen LogP contribution in [0.25, 0.3) is 0 Å². The molecule has 1 saturated heterocycles. The summed E-state index contributed by atoms with van der Waals surface area (Å²) < 4.78 is 12.8. The van der Waals surface area contributed by atoms with Gasteiger partial charge in [-0.2, -0.15) is 0 Å². The fourth-order valence-corrected chi connectivity index (χ4v) is 4.52. The molecule has 1 aliphatic heterocycles. The average molecular weight is 483 g/mol. The summed E-state index contributed by atoms with van der Waals surface area (Å²) in [6.45, 7) is 3.20. The standard InChI is InChI=1S/C22H24Cl2N2O6/c1-3-13(9-14(28)10-15-16(23)5-4-6-17(15)24)21-18(31-12(2)27)11-20(32-21)26-8-7-19(29)25-22(26)30/h4-8,13,18,20-21H,3,9-11H2,1-2H3,(H,25,29,30)/t13?,18-,20+,21+/m0/s1. The number of nitrogens with zero attached hydrogens (tertiary/aromatic N) is 1. The van der Waals surface area contributed by atoms with Crippen LogP contribution in [0.5, 0.6) is 0 Å². The van der Waals surface area contributed by atoms with Crippen LogP contribution >= 0.6 is 23.2 Å². The zero-order valence-electron chi connectivity index (χ0n) is 17.7. The lowest BCUT2D eigenvalue weighted by atomic mass is 9.88. The first kappa shape index (κ1) is 24.2. The minimum Gasteiger partial charge on any atom is -0.460 e. The normalized spacial score (nSPS) is 21.3. The van der Waals surface area contributed by atoms with Crippen LogP contribution in [0.15, 0.2) is 40.1 Å². The molecule has 2 aromatic rings. The number of carbonyl (C=O) groups is 2. The van der Waals surface area contributed by atoms with Crippen molar-refractivity contribution in [1.29, 1.82) is 0 Å². The summed E-state index contributed by atoms with van der Waals surface area (Å²) in [4.78, 5) is 50.2. The van der Waals surface area contributed by atoms with Crippen LogP contribution in [0.1, 0.15) is 44.9 Å². The predicted octanol–water partition coefficient (Wildman–Crippen LogP) is 3.29. The largest absolute Gasteiger partial charge is 0.460 e. The molecule has 1 aromatic heterocycles. The molecule has 0 aliphatic carbocycles. The Kier molecular flexibility index (Phi) is 7.92. The van der Waals surface area contributed by atoms with Crippen LogP contribution in [0.3, 0.4) is 0 Å². The summed E-state index contributed by atoms with van der Waals surface area (Å²) in [7, 11) is 0. The minimum atomic E-state index is -0.740. The third kappa shape index (κ3) is 5.68. The molecule has 3 rings (SSSR count). The summed E-state index contributed by atoms with van der Waals surface area (Å²) in [6, 6.07) is 6.28. The fraction of sp³-hybridized carbons (Fsp3) is 0.455. The van der Waals surface area contributed by atoms with Crippen LogP contribution in [-0.2, 0) is 25.5 Å². The Morgan fingerprint density at radius 3 is 2.53 bits per heavy atom. The van der Waals surface area contributed by atoms with Gasteiger partial charge in [-0.05, 0) is 23.6 Å². The Bertz CT molecular complexity index is 1090. The number of ketones is 1. The number of nitrogens with one attached hydrogen (secondary N) is 1. The Morgan fingerprint density at radius 1 is 1.25 bits per heavy atom. The SMILES string of the molecule is CCC(CC(=O)Cc1c(Cl)cccc1Cl)[C@H]1O[C@@H](n2ccc(=O)[nH]c2=O)C[C@@H]1OC(C)=O. The first-order valence-corrected chi connectivity index (χ1v) is 11.0. The van der Waals surface area contributed by atoms with Crippen molar-refractivity contribution in [1.82, 2.24) is 9.55 Å². The first-order valence-electron chi connectivity index (χ1n) is 10.3. The maximum Gasteiger partial charge on any atom is 0.330 e. The molecule has 0 radical (unpaired) electrons. The van der Waals surface area contributed by atoms with Crippen LogP contribution < -0.4 is 11.2 Å². The quantitative estimate of drug-likeness (QED) is 0.578. The fourth-order valence-electron chi connectivity index (χ4n) is 3.99. The zero-order chi connectivity index (χ0) is 23.4. The van der Waals surface area contributed by atoms with Crippen molar-refractivity contribution in [2.75, 3.05) is 0 Å². The van der Waals surface area contributed by atoms with Gasteiger partial charge in [-0.1, -0.05) is 42.6 Å². The Hall–Kier alpha value is -2.42. The van der Waals surface area contributed by atoms with Crippen LogP contribution in [0.4, 0.5) is 0 Å². The predicted molar refractivity (Wildman–Crippen MR) is 119 cm³/mol. The number of rotatable bonds is 8. The van der Waals surface area contributed by atoms with Gasteiger partial charge in [0, 0.05) is 48.5 Å². The first-order chi connectivity index (χ1) is 15.2. The van der Waals surface area contributed by atoms with Crippen LogP contribution in [0.2, 0.25) is 10.0 Å². The highest BCUT2D eigenvalue weighted by Crippen LogP contribution is 2.37. The maximum absolute atomic E-state index is 12.8. The molecule has 1 aliphatic rings. The van der Waals surface area contributed by atoms with Crippen molar-refractivity contribution in [3.63, 3.8) is 0 Å². The second-order valence-electron chi connectivity index (χ2n) is 7.74. The van der Waals surface area contributed by atoms with Gasteiger partial charge in [0.25, 0.3) is 5.56 Å². The lowest BCUT2D eigenvalue weighted by Gasteiger charge is -2.26. The third-order valence-corrected chi connectivity index (χ3v) is 6.22. The van der Waals surface area contributed by atoms with E-state index in [4.69, 9.17) is 32.7 Å². The van der Waals surface area contributed by atoms with Gasteiger partial charge in [-0.25, -0.2) is 4.79 Å². The third-order valence-electron chi connectivity index (χ3n) is 5.51. The number of hydrogen-bond donors (Lipinski definition) is 1. The van der Waals surface area contributed by atoms with E-state index in [2.05, 4.69) is 4.98 Å². The molecule has 172 valence electrons. The van der Waals surface area contributed by atoms with Gasteiger partial charge in [0.05, 0.1) is 0 Å². The Balaban J connectivity index is 1.79. The number of Topliss-reactive ketones (excluding diaryl/α,β-unsaturated/α-hetero) is 1.